The van der Waals surface area contributed by atoms with Crippen molar-refractivity contribution in [2.45, 2.75) is 123 Å². The van der Waals surface area contributed by atoms with E-state index in [4.69, 9.17) is 18.9 Å². The molecule has 0 aliphatic carbocycles. The van der Waals surface area contributed by atoms with E-state index in [-0.39, 0.29) is 65.7 Å². The quantitative estimate of drug-likeness (QED) is 0.156. The summed E-state index contributed by atoms with van der Waals surface area (Å²) in [4.78, 5) is 35.7. The number of nitrogens with one attached hydrogen (secondary N) is 2. The lowest BCUT2D eigenvalue weighted by Crippen LogP contribution is -2.50. The third kappa shape index (κ3) is 10.1. The molecule has 3 rings (SSSR count). The molecule has 1 spiro atoms. The minimum absolute atomic E-state index is 0.0315. The van der Waals surface area contributed by atoms with E-state index in [0.29, 0.717) is 13.0 Å². The summed E-state index contributed by atoms with van der Waals surface area (Å²) in [5.74, 6) is -0.0919. The van der Waals surface area contributed by atoms with Crippen molar-refractivity contribution >= 4 is 17.8 Å². The minimum atomic E-state index is -0.458. The average Bonchev–Trinajstić information content (AvgIpc) is 3.68. The van der Waals surface area contributed by atoms with Crippen molar-refractivity contribution in [1.29, 1.82) is 0 Å². The van der Waals surface area contributed by atoms with Gasteiger partial charge in [-0.3, -0.25) is 14.4 Å². The number of hydrogen-bond donors (Lipinski definition) is 2. The fraction of sp³-hybridized carbons (Fsp3) is 0.719. The fourth-order valence-corrected chi connectivity index (χ4v) is 5.69. The van der Waals surface area contributed by atoms with Gasteiger partial charge in [0.2, 0.25) is 11.8 Å². The molecule has 0 aromatic carbocycles. The fourth-order valence-electron chi connectivity index (χ4n) is 5.69. The number of carbonyl (C=O) groups is 3. The highest BCUT2D eigenvalue weighted by molar-refractivity contribution is 5.87. The SMILES string of the molecule is CCCNC(=O)C[C@@H]1C[C@@]2(CO2)C(C)[C@@H](/C=C/C(C)=C/C[C@@H]2O[C@H](C)[C@H](NC(=O)/C=C\[C@H](C)OC(C)=O)C[C@@H]2C)O1. The van der Waals surface area contributed by atoms with Gasteiger partial charge in [0.15, 0.2) is 0 Å². The maximum Gasteiger partial charge on any atom is 0.303 e. The first kappa shape index (κ1) is 33.0. The average molecular weight is 575 g/mol. The summed E-state index contributed by atoms with van der Waals surface area (Å²) in [6, 6.07) is -0.0914. The molecule has 230 valence electrons. The van der Waals surface area contributed by atoms with Crippen LogP contribution in [-0.4, -0.2) is 73.1 Å². The van der Waals surface area contributed by atoms with Gasteiger partial charge >= 0.3 is 5.97 Å². The predicted octanol–water partition coefficient (Wildman–Crippen LogP) is 4.16. The molecule has 0 aromatic heterocycles. The van der Waals surface area contributed by atoms with Crippen molar-refractivity contribution < 1.29 is 33.3 Å². The Balaban J connectivity index is 1.49. The van der Waals surface area contributed by atoms with E-state index >= 15 is 0 Å². The van der Waals surface area contributed by atoms with Crippen LogP contribution in [-0.2, 0) is 33.3 Å². The highest BCUT2D eigenvalue weighted by atomic mass is 16.6. The van der Waals surface area contributed by atoms with Crippen molar-refractivity contribution in [2.75, 3.05) is 13.2 Å². The number of esters is 1. The van der Waals surface area contributed by atoms with Crippen LogP contribution >= 0.6 is 0 Å². The number of carbonyl (C=O) groups excluding carboxylic acids is 3. The Labute approximate surface area is 245 Å². The third-order valence-corrected chi connectivity index (χ3v) is 8.38. The second-order valence-electron chi connectivity index (χ2n) is 12.0. The van der Waals surface area contributed by atoms with Gasteiger partial charge in [-0.1, -0.05) is 44.6 Å². The van der Waals surface area contributed by atoms with Crippen LogP contribution < -0.4 is 10.6 Å². The van der Waals surface area contributed by atoms with E-state index in [2.05, 4.69) is 49.6 Å². The maximum absolute atomic E-state index is 12.4. The lowest BCUT2D eigenvalue weighted by atomic mass is 9.81. The molecule has 0 radical (unpaired) electrons. The van der Waals surface area contributed by atoms with Crippen molar-refractivity contribution in [3.63, 3.8) is 0 Å². The second kappa shape index (κ2) is 15.1. The summed E-state index contributed by atoms with van der Waals surface area (Å²) >= 11 is 0. The van der Waals surface area contributed by atoms with E-state index in [1.165, 1.54) is 13.0 Å². The van der Waals surface area contributed by atoms with Gasteiger partial charge in [-0.05, 0) is 52.0 Å². The zero-order chi connectivity index (χ0) is 30.2. The summed E-state index contributed by atoms with van der Waals surface area (Å²) in [6.07, 6.45) is 12.2. The molecule has 3 saturated heterocycles. The van der Waals surface area contributed by atoms with E-state index in [0.717, 1.165) is 37.9 Å². The first-order valence-electron chi connectivity index (χ1n) is 15.1. The van der Waals surface area contributed by atoms with Gasteiger partial charge in [-0.2, -0.15) is 0 Å². The molecule has 41 heavy (non-hydrogen) atoms. The lowest BCUT2D eigenvalue weighted by molar-refractivity contribution is -0.143. The number of amides is 2. The summed E-state index contributed by atoms with van der Waals surface area (Å²) < 4.78 is 23.6. The lowest BCUT2D eigenvalue weighted by Gasteiger charge is -2.39. The van der Waals surface area contributed by atoms with Gasteiger partial charge in [0, 0.05) is 31.9 Å². The first-order chi connectivity index (χ1) is 19.4. The topological polar surface area (TPSA) is 115 Å². The van der Waals surface area contributed by atoms with E-state index < -0.39 is 6.10 Å². The van der Waals surface area contributed by atoms with Gasteiger partial charge in [0.1, 0.15) is 6.10 Å². The van der Waals surface area contributed by atoms with Crippen molar-refractivity contribution in [3.05, 3.63) is 36.0 Å². The number of epoxide rings is 1. The normalized spacial score (nSPS) is 34.5. The maximum atomic E-state index is 12.4. The van der Waals surface area contributed by atoms with Gasteiger partial charge in [-0.15, -0.1) is 0 Å². The monoisotopic (exact) mass is 574 g/mol. The Morgan fingerprint density at radius 2 is 1.85 bits per heavy atom. The van der Waals surface area contributed by atoms with Gasteiger partial charge in [-0.25, -0.2) is 0 Å². The van der Waals surface area contributed by atoms with Crippen LogP contribution in [0.25, 0.3) is 0 Å². The molecule has 0 bridgehead atoms. The molecule has 9 atom stereocenters. The smallest absolute Gasteiger partial charge is 0.303 e. The van der Waals surface area contributed by atoms with E-state index in [9.17, 15) is 14.4 Å². The van der Waals surface area contributed by atoms with Crippen molar-refractivity contribution in [1.82, 2.24) is 10.6 Å². The van der Waals surface area contributed by atoms with Crippen LogP contribution in [0.3, 0.4) is 0 Å². The van der Waals surface area contributed by atoms with Gasteiger partial charge in [0.05, 0.1) is 49.1 Å². The molecule has 3 aliphatic heterocycles. The van der Waals surface area contributed by atoms with Crippen molar-refractivity contribution in [3.8, 4) is 0 Å². The molecule has 2 amide bonds. The molecule has 1 unspecified atom stereocenters. The molecule has 9 heteroatoms. The third-order valence-electron chi connectivity index (χ3n) is 8.38. The zero-order valence-electron chi connectivity index (χ0n) is 25.8. The Morgan fingerprint density at radius 3 is 2.51 bits per heavy atom. The zero-order valence-corrected chi connectivity index (χ0v) is 25.8. The van der Waals surface area contributed by atoms with Crippen LogP contribution in [0.1, 0.15) is 80.6 Å². The second-order valence-corrected chi connectivity index (χ2v) is 12.0. The molecule has 3 fully saturated rings. The largest absolute Gasteiger partial charge is 0.459 e. The minimum Gasteiger partial charge on any atom is -0.459 e. The highest BCUT2D eigenvalue weighted by Gasteiger charge is 2.56. The number of rotatable bonds is 12. The van der Waals surface area contributed by atoms with Crippen LogP contribution in [0.4, 0.5) is 0 Å². The highest BCUT2D eigenvalue weighted by Crippen LogP contribution is 2.47. The molecular weight excluding hydrogens is 524 g/mol. The predicted molar refractivity (Wildman–Crippen MR) is 157 cm³/mol. The van der Waals surface area contributed by atoms with E-state index in [1.54, 1.807) is 13.0 Å². The molecule has 3 aliphatic rings. The van der Waals surface area contributed by atoms with Crippen LogP contribution in [0, 0.1) is 11.8 Å². The summed E-state index contributed by atoms with van der Waals surface area (Å²) in [6.45, 7) is 14.9. The van der Waals surface area contributed by atoms with E-state index in [1.807, 2.05) is 13.8 Å². The molecule has 0 saturated carbocycles. The molecular formula is C32H50N2O7. The number of ether oxygens (including phenoxy) is 4. The Morgan fingerprint density at radius 1 is 1.12 bits per heavy atom. The first-order valence-corrected chi connectivity index (χ1v) is 15.1. The van der Waals surface area contributed by atoms with Crippen LogP contribution in [0.15, 0.2) is 36.0 Å². The molecule has 3 heterocycles. The van der Waals surface area contributed by atoms with Crippen LogP contribution in [0.2, 0.25) is 0 Å². The molecule has 9 nitrogen and oxygen atoms in total. The number of hydrogen-bond acceptors (Lipinski definition) is 7. The summed E-state index contributed by atoms with van der Waals surface area (Å²) in [5, 5.41) is 5.97. The standard InChI is InChI=1S/C32H50N2O7/c1-8-15-33-31(37)17-26-18-32(19-38-32)23(5)29(41-26)13-10-20(2)9-12-28-21(3)16-27(24(6)40-28)34-30(36)14-11-22(4)39-25(7)35/h9-11,13-14,21-24,26-29H,8,12,15-19H2,1-7H3,(H,33,37)(H,34,36)/b13-10+,14-11-,20-9+/t21-,22-,23?,24+,26+,27+,28-,29+,32+/m0/s1. The Kier molecular flexibility index (Phi) is 12.2. The summed E-state index contributed by atoms with van der Waals surface area (Å²) in [5.41, 5.74) is 0.949. The Hall–Kier alpha value is -2.49. The van der Waals surface area contributed by atoms with Gasteiger partial charge < -0.3 is 29.6 Å². The molecule has 0 aromatic rings. The van der Waals surface area contributed by atoms with Crippen LogP contribution in [0.5, 0.6) is 0 Å². The van der Waals surface area contributed by atoms with Gasteiger partial charge in [0.25, 0.3) is 0 Å². The summed E-state index contributed by atoms with van der Waals surface area (Å²) in [7, 11) is 0. The molecule has 2 N–H and O–H groups in total. The van der Waals surface area contributed by atoms with Crippen molar-refractivity contribution in [2.24, 2.45) is 11.8 Å². The number of allylic oxidation sites excluding steroid dienone is 2. The Bertz CT molecular complexity index is 1000.